The van der Waals surface area contributed by atoms with Gasteiger partial charge >= 0.3 is 0 Å². The van der Waals surface area contributed by atoms with Crippen molar-refractivity contribution in [2.24, 2.45) is 0 Å². The number of hydrogen-bond acceptors (Lipinski definition) is 1. The Morgan fingerprint density at radius 3 is 1.21 bits per heavy atom. The topological polar surface area (TPSA) is 8.17 Å². The average Bonchev–Trinajstić information content (AvgIpc) is 3.96. The average molecular weight is 799 g/mol. The summed E-state index contributed by atoms with van der Waals surface area (Å²) in [6, 6.07) is 85.8. The fourth-order valence-electron chi connectivity index (χ4n) is 11.7. The molecule has 2 nitrogen and oxygen atoms in total. The highest BCUT2D eigenvalue weighted by Gasteiger charge is 2.51. The molecule has 0 radical (unpaired) electrons. The van der Waals surface area contributed by atoms with Crippen LogP contribution in [0.15, 0.2) is 231 Å². The Labute approximate surface area is 365 Å². The molecule has 63 heavy (non-hydrogen) atoms. The molecule has 292 valence electrons. The second-order valence-electron chi connectivity index (χ2n) is 17.2. The predicted molar refractivity (Wildman–Crippen MR) is 264 cm³/mol. The number of aromatic nitrogens is 1. The first-order chi connectivity index (χ1) is 31.3. The van der Waals surface area contributed by atoms with Gasteiger partial charge in [0.25, 0.3) is 0 Å². The summed E-state index contributed by atoms with van der Waals surface area (Å²) in [6.07, 6.45) is 0. The maximum Gasteiger partial charge on any atom is 0.0725 e. The Morgan fingerprint density at radius 1 is 0.270 bits per heavy atom. The summed E-state index contributed by atoms with van der Waals surface area (Å²) in [4.78, 5) is 2.46. The third kappa shape index (κ3) is 4.62. The van der Waals surface area contributed by atoms with Crippen LogP contribution in [0, 0.1) is 0 Å². The monoisotopic (exact) mass is 798 g/mol. The molecule has 0 aliphatic heterocycles. The molecule has 14 rings (SSSR count). The van der Waals surface area contributed by atoms with Gasteiger partial charge in [0.15, 0.2) is 0 Å². The molecule has 0 bridgehead atoms. The van der Waals surface area contributed by atoms with Crippen LogP contribution in [0.25, 0.3) is 82.1 Å². The SMILES string of the molecule is c1ccc2c(c1)-c1ccccc1C21c2ccccc2-c2cc(N(c3ccc(-n4c5ccccc5c5ccccc54)cc3)c3ccc4c5ccccc5c5ccccc5c4c3)ccc21. The number of para-hydroxylation sites is 2. The van der Waals surface area contributed by atoms with Crippen LogP contribution in [0.5, 0.6) is 0 Å². The van der Waals surface area contributed by atoms with Gasteiger partial charge in [0, 0.05) is 33.5 Å². The molecule has 1 heterocycles. The Kier molecular flexibility index (Phi) is 7.07. The molecule has 0 saturated heterocycles. The van der Waals surface area contributed by atoms with Gasteiger partial charge in [-0.2, -0.15) is 0 Å². The molecule has 12 aromatic rings. The summed E-state index contributed by atoms with van der Waals surface area (Å²) in [5.74, 6) is 0. The van der Waals surface area contributed by atoms with Gasteiger partial charge < -0.3 is 9.47 Å². The van der Waals surface area contributed by atoms with Crippen molar-refractivity contribution in [1.29, 1.82) is 0 Å². The molecule has 0 amide bonds. The first kappa shape index (κ1) is 34.5. The molecular weight excluding hydrogens is 761 g/mol. The lowest BCUT2D eigenvalue weighted by atomic mass is 9.70. The normalized spacial score (nSPS) is 13.2. The Bertz CT molecular complexity index is 3740. The summed E-state index contributed by atoms with van der Waals surface area (Å²) < 4.78 is 2.40. The molecular formula is C61H38N2. The van der Waals surface area contributed by atoms with Crippen LogP contribution in [0.4, 0.5) is 17.1 Å². The molecule has 0 atom stereocenters. The van der Waals surface area contributed by atoms with Crippen LogP contribution in [-0.2, 0) is 5.41 Å². The van der Waals surface area contributed by atoms with Gasteiger partial charge in [-0.1, -0.05) is 170 Å². The van der Waals surface area contributed by atoms with Crippen molar-refractivity contribution in [3.63, 3.8) is 0 Å². The highest BCUT2D eigenvalue weighted by molar-refractivity contribution is 6.26. The zero-order chi connectivity index (χ0) is 41.2. The first-order valence-electron chi connectivity index (χ1n) is 21.9. The van der Waals surface area contributed by atoms with E-state index in [2.05, 4.69) is 240 Å². The Hall–Kier alpha value is -8.20. The minimum absolute atomic E-state index is 0.393. The quantitative estimate of drug-likeness (QED) is 0.161. The van der Waals surface area contributed by atoms with E-state index in [9.17, 15) is 0 Å². The van der Waals surface area contributed by atoms with Gasteiger partial charge in [0.05, 0.1) is 16.4 Å². The summed E-state index contributed by atoms with van der Waals surface area (Å²) in [6.45, 7) is 0. The van der Waals surface area contributed by atoms with Crippen molar-refractivity contribution in [2.45, 2.75) is 5.41 Å². The maximum absolute atomic E-state index is 2.46. The van der Waals surface area contributed by atoms with E-state index in [1.165, 1.54) is 98.6 Å². The second-order valence-corrected chi connectivity index (χ2v) is 17.2. The largest absolute Gasteiger partial charge is 0.310 e. The van der Waals surface area contributed by atoms with E-state index < -0.39 is 5.41 Å². The summed E-state index contributed by atoms with van der Waals surface area (Å²) in [5, 5.41) is 10.1. The lowest BCUT2D eigenvalue weighted by molar-refractivity contribution is 0.794. The minimum Gasteiger partial charge on any atom is -0.310 e. The number of hydrogen-bond donors (Lipinski definition) is 0. The van der Waals surface area contributed by atoms with Crippen molar-refractivity contribution < 1.29 is 0 Å². The number of fused-ring (bicyclic) bond motifs is 19. The van der Waals surface area contributed by atoms with Gasteiger partial charge in [-0.25, -0.2) is 0 Å². The molecule has 2 aliphatic carbocycles. The summed E-state index contributed by atoms with van der Waals surface area (Å²) >= 11 is 0. The Balaban J connectivity index is 1.01. The fraction of sp³-hybridized carbons (Fsp3) is 0.0164. The molecule has 2 heteroatoms. The number of anilines is 3. The van der Waals surface area contributed by atoms with Gasteiger partial charge in [-0.3, -0.25) is 0 Å². The maximum atomic E-state index is 2.46. The Morgan fingerprint density at radius 2 is 0.651 bits per heavy atom. The lowest BCUT2D eigenvalue weighted by Crippen LogP contribution is -2.25. The van der Waals surface area contributed by atoms with Crippen molar-refractivity contribution in [1.82, 2.24) is 4.57 Å². The zero-order valence-corrected chi connectivity index (χ0v) is 34.3. The molecule has 0 unspecified atom stereocenters. The molecule has 0 fully saturated rings. The fourth-order valence-corrected chi connectivity index (χ4v) is 11.7. The van der Waals surface area contributed by atoms with Crippen molar-refractivity contribution >= 4 is 71.2 Å². The van der Waals surface area contributed by atoms with E-state index in [0.717, 1.165) is 22.7 Å². The smallest absolute Gasteiger partial charge is 0.0725 e. The molecule has 1 aromatic heterocycles. The molecule has 0 saturated carbocycles. The lowest BCUT2D eigenvalue weighted by Gasteiger charge is -2.31. The van der Waals surface area contributed by atoms with Crippen LogP contribution in [0.2, 0.25) is 0 Å². The van der Waals surface area contributed by atoms with E-state index in [-0.39, 0.29) is 0 Å². The van der Waals surface area contributed by atoms with E-state index in [4.69, 9.17) is 0 Å². The van der Waals surface area contributed by atoms with Crippen LogP contribution in [-0.4, -0.2) is 4.57 Å². The van der Waals surface area contributed by atoms with Crippen LogP contribution >= 0.6 is 0 Å². The predicted octanol–water partition coefficient (Wildman–Crippen LogP) is 16.1. The minimum atomic E-state index is -0.393. The van der Waals surface area contributed by atoms with Crippen molar-refractivity contribution in [3.05, 3.63) is 253 Å². The van der Waals surface area contributed by atoms with Crippen LogP contribution < -0.4 is 4.90 Å². The van der Waals surface area contributed by atoms with E-state index in [0.29, 0.717) is 0 Å². The highest BCUT2D eigenvalue weighted by Crippen LogP contribution is 2.63. The van der Waals surface area contributed by atoms with E-state index in [1.807, 2.05) is 0 Å². The first-order valence-corrected chi connectivity index (χ1v) is 21.9. The zero-order valence-electron chi connectivity index (χ0n) is 34.3. The molecule has 2 aliphatic rings. The van der Waals surface area contributed by atoms with E-state index in [1.54, 1.807) is 0 Å². The van der Waals surface area contributed by atoms with Gasteiger partial charge in [-0.05, 0) is 137 Å². The number of benzene rings is 11. The standard InChI is InChI=1S/C61H38N2/c1-2-17-45-43(15-1)44-16-3-4-18-46(44)53-37-41(33-35-47(45)53)62(39-29-31-40(32-30-39)63-59-27-13-8-22-51(59)52-23-9-14-28-60(52)63)42-34-36-58-54(38-42)50-21-7-12-26-57(50)61(58)55-24-10-5-19-48(55)49-20-6-11-25-56(49)61/h1-38H. The third-order valence-electron chi connectivity index (χ3n) is 14.2. The van der Waals surface area contributed by atoms with Crippen LogP contribution in [0.3, 0.4) is 0 Å². The van der Waals surface area contributed by atoms with Crippen molar-refractivity contribution in [2.75, 3.05) is 4.90 Å². The second kappa shape index (κ2) is 12.9. The summed E-state index contributed by atoms with van der Waals surface area (Å²) in [7, 11) is 0. The van der Waals surface area contributed by atoms with E-state index >= 15 is 0 Å². The highest BCUT2D eigenvalue weighted by atomic mass is 15.1. The third-order valence-corrected chi connectivity index (χ3v) is 14.2. The molecule has 0 N–H and O–H groups in total. The molecule has 11 aromatic carbocycles. The number of rotatable bonds is 4. The number of nitrogens with zero attached hydrogens (tertiary/aromatic N) is 2. The van der Waals surface area contributed by atoms with Gasteiger partial charge in [0.2, 0.25) is 0 Å². The van der Waals surface area contributed by atoms with Crippen LogP contribution in [0.1, 0.15) is 22.3 Å². The van der Waals surface area contributed by atoms with Gasteiger partial charge in [-0.15, -0.1) is 0 Å². The summed E-state index contributed by atoms with van der Waals surface area (Å²) in [5.41, 5.74) is 17.1. The molecule has 1 spiro atoms. The van der Waals surface area contributed by atoms with Gasteiger partial charge in [0.1, 0.15) is 0 Å². The van der Waals surface area contributed by atoms with Crippen molar-refractivity contribution in [3.8, 4) is 27.9 Å².